The van der Waals surface area contributed by atoms with Crippen LogP contribution in [0.1, 0.15) is 36.3 Å². The van der Waals surface area contributed by atoms with Crippen molar-refractivity contribution in [1.29, 1.82) is 0 Å². The average Bonchev–Trinajstić information content (AvgIpc) is 3.03. The fourth-order valence-electron chi connectivity index (χ4n) is 3.14. The first-order valence-electron chi connectivity index (χ1n) is 8.98. The number of rotatable bonds is 6. The summed E-state index contributed by atoms with van der Waals surface area (Å²) < 4.78 is 8.49. The molecule has 140 valence electrons. The van der Waals surface area contributed by atoms with Gasteiger partial charge in [0, 0.05) is 32.6 Å². The number of carbonyl (C=O) groups is 1. The molecule has 0 radical (unpaired) electrons. The van der Waals surface area contributed by atoms with Crippen molar-refractivity contribution in [2.45, 2.75) is 26.7 Å². The van der Waals surface area contributed by atoms with Crippen LogP contribution in [-0.4, -0.2) is 17.1 Å². The zero-order valence-corrected chi connectivity index (χ0v) is 17.7. The standard InChI is InChI=1S/C22H21BrClNO2/c1-3-5-20-21(22(26)27-4-2)19(15-6-10-17(24)11-7-15)14-25(20)18-12-8-16(23)9-13-18/h6-14H,3-5H2,1-2H3. The lowest BCUT2D eigenvalue weighted by atomic mass is 10.0. The van der Waals surface area contributed by atoms with Gasteiger partial charge >= 0.3 is 5.97 Å². The van der Waals surface area contributed by atoms with Gasteiger partial charge in [-0.05, 0) is 55.3 Å². The fraction of sp³-hybridized carbons (Fsp3) is 0.227. The Hall–Kier alpha value is -2.04. The third-order valence-electron chi connectivity index (χ3n) is 4.33. The highest BCUT2D eigenvalue weighted by molar-refractivity contribution is 9.10. The molecule has 1 heterocycles. The van der Waals surface area contributed by atoms with Crippen molar-refractivity contribution < 1.29 is 9.53 Å². The number of nitrogens with zero attached hydrogens (tertiary/aromatic N) is 1. The molecule has 0 amide bonds. The first kappa shape index (κ1) is 19.7. The molecule has 3 aromatic rings. The Kier molecular flexibility index (Phi) is 6.40. The monoisotopic (exact) mass is 445 g/mol. The van der Waals surface area contributed by atoms with Gasteiger partial charge in [0.15, 0.2) is 0 Å². The summed E-state index contributed by atoms with van der Waals surface area (Å²) in [6, 6.07) is 15.6. The number of benzene rings is 2. The van der Waals surface area contributed by atoms with Crippen LogP contribution in [0.3, 0.4) is 0 Å². The van der Waals surface area contributed by atoms with E-state index < -0.39 is 0 Å². The first-order chi connectivity index (χ1) is 13.0. The molecule has 2 aromatic carbocycles. The van der Waals surface area contributed by atoms with Gasteiger partial charge in [-0.15, -0.1) is 0 Å². The second kappa shape index (κ2) is 8.77. The molecule has 1 aromatic heterocycles. The summed E-state index contributed by atoms with van der Waals surface area (Å²) in [5.74, 6) is -0.290. The molecule has 0 aliphatic rings. The van der Waals surface area contributed by atoms with Crippen molar-refractivity contribution in [2.24, 2.45) is 0 Å². The van der Waals surface area contributed by atoms with Crippen LogP contribution in [0.4, 0.5) is 0 Å². The summed E-state index contributed by atoms with van der Waals surface area (Å²) in [6.07, 6.45) is 3.72. The summed E-state index contributed by atoms with van der Waals surface area (Å²) in [5.41, 5.74) is 4.40. The molecule has 27 heavy (non-hydrogen) atoms. The predicted octanol–water partition coefficient (Wildman–Crippen LogP) is 6.69. The number of hydrogen-bond acceptors (Lipinski definition) is 2. The minimum Gasteiger partial charge on any atom is -0.462 e. The van der Waals surface area contributed by atoms with Crippen LogP contribution in [0, 0.1) is 0 Å². The van der Waals surface area contributed by atoms with Gasteiger partial charge in [-0.2, -0.15) is 0 Å². The summed E-state index contributed by atoms with van der Waals surface area (Å²) in [7, 11) is 0. The second-order valence-electron chi connectivity index (χ2n) is 6.19. The van der Waals surface area contributed by atoms with Gasteiger partial charge in [0.1, 0.15) is 0 Å². The number of hydrogen-bond donors (Lipinski definition) is 0. The highest BCUT2D eigenvalue weighted by atomic mass is 79.9. The van der Waals surface area contributed by atoms with E-state index in [-0.39, 0.29) is 5.97 Å². The maximum atomic E-state index is 12.8. The lowest BCUT2D eigenvalue weighted by Crippen LogP contribution is -2.10. The summed E-state index contributed by atoms with van der Waals surface area (Å²) in [4.78, 5) is 12.8. The van der Waals surface area contributed by atoms with Crippen molar-refractivity contribution in [3.05, 3.63) is 75.5 Å². The van der Waals surface area contributed by atoms with Crippen LogP contribution in [-0.2, 0) is 11.2 Å². The smallest absolute Gasteiger partial charge is 0.340 e. The summed E-state index contributed by atoms with van der Waals surface area (Å²) in [5, 5.41) is 0.664. The molecular weight excluding hydrogens is 426 g/mol. The molecule has 0 aliphatic heterocycles. The number of ether oxygens (including phenoxy) is 1. The predicted molar refractivity (Wildman–Crippen MR) is 114 cm³/mol. The van der Waals surface area contributed by atoms with Crippen molar-refractivity contribution in [3.8, 4) is 16.8 Å². The van der Waals surface area contributed by atoms with Gasteiger partial charge in [-0.3, -0.25) is 0 Å². The largest absolute Gasteiger partial charge is 0.462 e. The molecule has 3 nitrogen and oxygen atoms in total. The quantitative estimate of drug-likeness (QED) is 0.395. The number of halogens is 2. The van der Waals surface area contributed by atoms with Gasteiger partial charge in [0.05, 0.1) is 12.2 Å². The Balaban J connectivity index is 2.24. The molecule has 0 saturated heterocycles. The summed E-state index contributed by atoms with van der Waals surface area (Å²) in [6.45, 7) is 4.27. The van der Waals surface area contributed by atoms with Crippen LogP contribution < -0.4 is 0 Å². The maximum Gasteiger partial charge on any atom is 0.340 e. The minimum absolute atomic E-state index is 0.290. The number of carbonyl (C=O) groups excluding carboxylic acids is 1. The molecule has 3 rings (SSSR count). The van der Waals surface area contributed by atoms with Gasteiger partial charge in [0.2, 0.25) is 0 Å². The molecule has 0 N–H and O–H groups in total. The van der Waals surface area contributed by atoms with E-state index in [4.69, 9.17) is 16.3 Å². The number of esters is 1. The van der Waals surface area contributed by atoms with Crippen molar-refractivity contribution in [2.75, 3.05) is 6.61 Å². The van der Waals surface area contributed by atoms with E-state index in [1.165, 1.54) is 0 Å². The third-order valence-corrected chi connectivity index (χ3v) is 5.11. The Bertz CT molecular complexity index is 930. The Morgan fingerprint density at radius 2 is 1.74 bits per heavy atom. The minimum atomic E-state index is -0.290. The summed E-state index contributed by atoms with van der Waals surface area (Å²) >= 11 is 9.53. The van der Waals surface area contributed by atoms with E-state index in [0.717, 1.165) is 39.8 Å². The van der Waals surface area contributed by atoms with Crippen LogP contribution in [0.2, 0.25) is 5.02 Å². The molecule has 5 heteroatoms. The highest BCUT2D eigenvalue weighted by Crippen LogP contribution is 2.33. The van der Waals surface area contributed by atoms with Gasteiger partial charge < -0.3 is 9.30 Å². The van der Waals surface area contributed by atoms with Gasteiger partial charge in [0.25, 0.3) is 0 Å². The lowest BCUT2D eigenvalue weighted by Gasteiger charge is -2.11. The molecular formula is C22H21BrClNO2. The Morgan fingerprint density at radius 3 is 2.33 bits per heavy atom. The molecule has 0 atom stereocenters. The first-order valence-corrected chi connectivity index (χ1v) is 10.2. The molecule has 0 unspecified atom stereocenters. The van der Waals surface area contributed by atoms with E-state index in [2.05, 4.69) is 27.4 Å². The van der Waals surface area contributed by atoms with Crippen LogP contribution in [0.5, 0.6) is 0 Å². The van der Waals surface area contributed by atoms with E-state index >= 15 is 0 Å². The molecule has 0 aliphatic carbocycles. The van der Waals surface area contributed by atoms with E-state index in [0.29, 0.717) is 17.2 Å². The number of aromatic nitrogens is 1. The van der Waals surface area contributed by atoms with E-state index in [1.807, 2.05) is 61.7 Å². The van der Waals surface area contributed by atoms with Crippen molar-refractivity contribution >= 4 is 33.5 Å². The molecule has 0 saturated carbocycles. The van der Waals surface area contributed by atoms with Gasteiger partial charge in [-0.1, -0.05) is 53.0 Å². The van der Waals surface area contributed by atoms with Crippen molar-refractivity contribution in [3.63, 3.8) is 0 Å². The zero-order chi connectivity index (χ0) is 19.4. The fourth-order valence-corrected chi connectivity index (χ4v) is 3.53. The maximum absolute atomic E-state index is 12.8. The Labute approximate surface area is 173 Å². The molecule has 0 bridgehead atoms. The van der Waals surface area contributed by atoms with Crippen LogP contribution in [0.25, 0.3) is 16.8 Å². The topological polar surface area (TPSA) is 31.2 Å². The van der Waals surface area contributed by atoms with Crippen LogP contribution in [0.15, 0.2) is 59.2 Å². The van der Waals surface area contributed by atoms with Crippen LogP contribution >= 0.6 is 27.5 Å². The van der Waals surface area contributed by atoms with Gasteiger partial charge in [-0.25, -0.2) is 4.79 Å². The van der Waals surface area contributed by atoms with E-state index in [9.17, 15) is 4.79 Å². The van der Waals surface area contributed by atoms with Crippen molar-refractivity contribution in [1.82, 2.24) is 4.57 Å². The Morgan fingerprint density at radius 1 is 1.07 bits per heavy atom. The second-order valence-corrected chi connectivity index (χ2v) is 7.54. The molecule has 0 spiro atoms. The zero-order valence-electron chi connectivity index (χ0n) is 15.3. The van der Waals surface area contributed by atoms with E-state index in [1.54, 1.807) is 0 Å². The normalized spacial score (nSPS) is 10.8. The average molecular weight is 447 g/mol. The lowest BCUT2D eigenvalue weighted by molar-refractivity contribution is 0.0526. The third kappa shape index (κ3) is 4.28. The SMILES string of the molecule is CCCc1c(C(=O)OCC)c(-c2ccc(Cl)cc2)cn1-c1ccc(Br)cc1. The highest BCUT2D eigenvalue weighted by Gasteiger charge is 2.24. The molecule has 0 fully saturated rings.